The number of carboxylic acid groups (broad SMARTS) is 1. The molecule has 126 valence electrons. The van der Waals surface area contributed by atoms with Crippen LogP contribution in [0.15, 0.2) is 18.2 Å². The number of halogens is 2. The highest BCUT2D eigenvalue weighted by Gasteiger charge is 2.36. The average molecular weight is 362 g/mol. The summed E-state index contributed by atoms with van der Waals surface area (Å²) >= 11 is 11.8. The number of hydrogen-bond acceptors (Lipinski definition) is 4. The standard InChI is InChI=1S/C15H17Cl2NO5/c1-22-11-5-10(6-15(20)21)18(7-11)14(19)8-23-13-3-2-9(16)4-12(13)17/h2-4,10-11H,5-8H2,1H3,(H,20,21). The van der Waals surface area contributed by atoms with Crippen LogP contribution in [0.4, 0.5) is 0 Å². The first kappa shape index (κ1) is 17.8. The maximum atomic E-state index is 12.3. The predicted molar refractivity (Wildman–Crippen MR) is 85.1 cm³/mol. The number of benzene rings is 1. The summed E-state index contributed by atoms with van der Waals surface area (Å²) < 4.78 is 10.7. The molecule has 0 radical (unpaired) electrons. The van der Waals surface area contributed by atoms with Crippen molar-refractivity contribution in [3.63, 3.8) is 0 Å². The molecule has 1 N–H and O–H groups in total. The monoisotopic (exact) mass is 361 g/mol. The van der Waals surface area contributed by atoms with E-state index in [1.807, 2.05) is 0 Å². The third-order valence-electron chi connectivity index (χ3n) is 3.69. The van der Waals surface area contributed by atoms with E-state index in [0.29, 0.717) is 28.8 Å². The zero-order valence-electron chi connectivity index (χ0n) is 12.5. The Morgan fingerprint density at radius 1 is 1.39 bits per heavy atom. The predicted octanol–water partition coefficient (Wildman–Crippen LogP) is 2.46. The first-order valence-corrected chi connectivity index (χ1v) is 7.78. The van der Waals surface area contributed by atoms with Gasteiger partial charge in [0.15, 0.2) is 6.61 Å². The number of carbonyl (C=O) groups excluding carboxylic acids is 1. The molecule has 1 saturated heterocycles. The van der Waals surface area contributed by atoms with Crippen LogP contribution in [0.5, 0.6) is 5.75 Å². The number of carboxylic acids is 1. The van der Waals surface area contributed by atoms with Crippen molar-refractivity contribution in [2.75, 3.05) is 20.3 Å². The van der Waals surface area contributed by atoms with Crippen molar-refractivity contribution in [1.82, 2.24) is 4.90 Å². The largest absolute Gasteiger partial charge is 0.482 e. The van der Waals surface area contributed by atoms with Crippen molar-refractivity contribution < 1.29 is 24.2 Å². The van der Waals surface area contributed by atoms with E-state index in [0.717, 1.165) is 0 Å². The summed E-state index contributed by atoms with van der Waals surface area (Å²) in [4.78, 5) is 24.8. The average Bonchev–Trinajstić information content (AvgIpc) is 2.88. The topological polar surface area (TPSA) is 76.1 Å². The Labute approximate surface area is 143 Å². The van der Waals surface area contributed by atoms with Crippen molar-refractivity contribution in [3.05, 3.63) is 28.2 Å². The summed E-state index contributed by atoms with van der Waals surface area (Å²) in [7, 11) is 1.54. The van der Waals surface area contributed by atoms with E-state index in [4.69, 9.17) is 37.8 Å². The highest BCUT2D eigenvalue weighted by molar-refractivity contribution is 6.35. The number of carbonyl (C=O) groups is 2. The fourth-order valence-corrected chi connectivity index (χ4v) is 3.02. The summed E-state index contributed by atoms with van der Waals surface area (Å²) in [5.41, 5.74) is 0. The SMILES string of the molecule is COC1CC(CC(=O)O)N(C(=O)COc2ccc(Cl)cc2Cl)C1. The lowest BCUT2D eigenvalue weighted by Crippen LogP contribution is -2.40. The van der Waals surface area contributed by atoms with E-state index >= 15 is 0 Å². The third-order valence-corrected chi connectivity index (χ3v) is 4.22. The highest BCUT2D eigenvalue weighted by Crippen LogP contribution is 2.28. The van der Waals surface area contributed by atoms with Gasteiger partial charge in [0, 0.05) is 24.7 Å². The molecule has 1 heterocycles. The van der Waals surface area contributed by atoms with Crippen LogP contribution >= 0.6 is 23.2 Å². The summed E-state index contributed by atoms with van der Waals surface area (Å²) in [5, 5.41) is 9.74. The number of methoxy groups -OCH3 is 1. The van der Waals surface area contributed by atoms with E-state index < -0.39 is 12.0 Å². The number of likely N-dealkylation sites (tertiary alicyclic amines) is 1. The van der Waals surface area contributed by atoms with Crippen LogP contribution in [-0.4, -0.2) is 54.3 Å². The molecular weight excluding hydrogens is 345 g/mol. The number of nitrogens with zero attached hydrogens (tertiary/aromatic N) is 1. The van der Waals surface area contributed by atoms with Gasteiger partial charge in [-0.3, -0.25) is 9.59 Å². The summed E-state index contributed by atoms with van der Waals surface area (Å²) in [6, 6.07) is 4.31. The molecule has 1 aliphatic rings. The Bertz CT molecular complexity index is 595. The smallest absolute Gasteiger partial charge is 0.305 e. The quantitative estimate of drug-likeness (QED) is 0.841. The second-order valence-corrected chi connectivity index (χ2v) is 6.10. The third kappa shape index (κ3) is 4.73. The number of amides is 1. The summed E-state index contributed by atoms with van der Waals surface area (Å²) in [6.45, 7) is 0.124. The molecular formula is C15H17Cl2NO5. The van der Waals surface area contributed by atoms with Gasteiger partial charge < -0.3 is 19.5 Å². The van der Waals surface area contributed by atoms with Gasteiger partial charge in [-0.25, -0.2) is 0 Å². The molecule has 0 aliphatic carbocycles. The van der Waals surface area contributed by atoms with E-state index in [9.17, 15) is 9.59 Å². The molecule has 2 unspecified atom stereocenters. The molecule has 1 aromatic carbocycles. The van der Waals surface area contributed by atoms with E-state index in [1.54, 1.807) is 19.2 Å². The van der Waals surface area contributed by atoms with Gasteiger partial charge >= 0.3 is 5.97 Å². The second-order valence-electron chi connectivity index (χ2n) is 5.25. The molecule has 0 saturated carbocycles. The Kier molecular flexibility index (Phi) is 6.10. The lowest BCUT2D eigenvalue weighted by Gasteiger charge is -2.23. The van der Waals surface area contributed by atoms with Crippen LogP contribution in [-0.2, 0) is 14.3 Å². The van der Waals surface area contributed by atoms with E-state index in [1.165, 1.54) is 11.0 Å². The van der Waals surface area contributed by atoms with Crippen molar-refractivity contribution in [2.24, 2.45) is 0 Å². The van der Waals surface area contributed by atoms with Crippen molar-refractivity contribution in [1.29, 1.82) is 0 Å². The minimum atomic E-state index is -0.953. The number of ether oxygens (including phenoxy) is 2. The highest BCUT2D eigenvalue weighted by atomic mass is 35.5. The molecule has 1 fully saturated rings. The minimum Gasteiger partial charge on any atom is -0.482 e. The normalized spacial score (nSPS) is 20.6. The molecule has 0 aromatic heterocycles. The van der Waals surface area contributed by atoms with Gasteiger partial charge in [-0.05, 0) is 24.6 Å². The van der Waals surface area contributed by atoms with E-state index in [-0.39, 0.29) is 25.0 Å². The molecule has 0 bridgehead atoms. The second kappa shape index (κ2) is 7.86. The van der Waals surface area contributed by atoms with Crippen LogP contribution in [0.2, 0.25) is 10.0 Å². The van der Waals surface area contributed by atoms with Gasteiger partial charge in [0.1, 0.15) is 5.75 Å². The Morgan fingerprint density at radius 3 is 2.74 bits per heavy atom. The van der Waals surface area contributed by atoms with Gasteiger partial charge in [-0.1, -0.05) is 23.2 Å². The zero-order valence-corrected chi connectivity index (χ0v) is 14.0. The van der Waals surface area contributed by atoms with Gasteiger partial charge in [0.25, 0.3) is 5.91 Å². The fourth-order valence-electron chi connectivity index (χ4n) is 2.56. The molecule has 23 heavy (non-hydrogen) atoms. The Hall–Kier alpha value is -1.50. The molecule has 2 atom stereocenters. The minimum absolute atomic E-state index is 0.118. The van der Waals surface area contributed by atoms with Crippen molar-refractivity contribution in [3.8, 4) is 5.75 Å². The molecule has 1 aliphatic heterocycles. The maximum Gasteiger partial charge on any atom is 0.305 e. The summed E-state index contributed by atoms with van der Waals surface area (Å²) in [6.07, 6.45) is 0.214. The number of aliphatic carboxylic acids is 1. The molecule has 1 aromatic rings. The number of rotatable bonds is 6. The van der Waals surface area contributed by atoms with Gasteiger partial charge in [0.05, 0.1) is 17.5 Å². The van der Waals surface area contributed by atoms with Crippen LogP contribution in [0.25, 0.3) is 0 Å². The van der Waals surface area contributed by atoms with Gasteiger partial charge in [-0.15, -0.1) is 0 Å². The first-order chi connectivity index (χ1) is 10.9. The molecule has 6 nitrogen and oxygen atoms in total. The lowest BCUT2D eigenvalue weighted by atomic mass is 10.1. The molecule has 8 heteroatoms. The molecule has 0 spiro atoms. The summed E-state index contributed by atoms with van der Waals surface area (Å²) in [5.74, 6) is -0.908. The van der Waals surface area contributed by atoms with Gasteiger partial charge in [-0.2, -0.15) is 0 Å². The molecule has 1 amide bonds. The van der Waals surface area contributed by atoms with Crippen molar-refractivity contribution in [2.45, 2.75) is 25.0 Å². The van der Waals surface area contributed by atoms with Crippen LogP contribution in [0.1, 0.15) is 12.8 Å². The van der Waals surface area contributed by atoms with Crippen LogP contribution in [0, 0.1) is 0 Å². The van der Waals surface area contributed by atoms with E-state index in [2.05, 4.69) is 0 Å². The lowest BCUT2D eigenvalue weighted by molar-refractivity contribution is -0.140. The van der Waals surface area contributed by atoms with Crippen LogP contribution in [0.3, 0.4) is 0 Å². The molecule has 2 rings (SSSR count). The maximum absolute atomic E-state index is 12.3. The van der Waals surface area contributed by atoms with Crippen LogP contribution < -0.4 is 4.74 Å². The Balaban J connectivity index is 1.99. The van der Waals surface area contributed by atoms with Gasteiger partial charge in [0.2, 0.25) is 0 Å². The zero-order chi connectivity index (χ0) is 17.0. The van der Waals surface area contributed by atoms with Crippen molar-refractivity contribution >= 4 is 35.1 Å². The first-order valence-electron chi connectivity index (χ1n) is 7.02. The number of hydrogen-bond donors (Lipinski definition) is 1. The Morgan fingerprint density at radius 2 is 2.13 bits per heavy atom. The fraction of sp³-hybridized carbons (Fsp3) is 0.467.